The van der Waals surface area contributed by atoms with Gasteiger partial charge in [-0.15, -0.1) is 22.6 Å². The summed E-state index contributed by atoms with van der Waals surface area (Å²) >= 11 is 10.5. The molecule has 10 nitrogen and oxygen atoms in total. The Morgan fingerprint density at radius 3 is 1.89 bits per heavy atom. The number of guanidine groups is 1. The number of nitrogens with one attached hydrogen (secondary N) is 3. The number of hydrogen-bond acceptors (Lipinski definition) is 6. The Bertz CT molecular complexity index is 1870. The fourth-order valence-electron chi connectivity index (χ4n) is 5.24. The van der Waals surface area contributed by atoms with Crippen LogP contribution in [0, 0.1) is 4.77 Å². The van der Waals surface area contributed by atoms with Crippen molar-refractivity contribution in [1.29, 1.82) is 0 Å². The molecule has 0 unspecified atom stereocenters. The van der Waals surface area contributed by atoms with Crippen molar-refractivity contribution in [2.45, 2.75) is 37.5 Å². The average Bonchev–Trinajstić information content (AvgIpc) is 3.91. The number of halogens is 1. The van der Waals surface area contributed by atoms with Crippen LogP contribution in [0.2, 0.25) is 0 Å². The van der Waals surface area contributed by atoms with Crippen LogP contribution >= 0.6 is 36.8 Å². The molecule has 1 aromatic heterocycles. The second-order valence-corrected chi connectivity index (χ2v) is 11.1. The summed E-state index contributed by atoms with van der Waals surface area (Å²) in [5.41, 5.74) is 23.8. The van der Waals surface area contributed by atoms with Crippen LogP contribution in [0.5, 0.6) is 0 Å². The maximum Gasteiger partial charge on any atom is 1.00 e. The molecule has 224 valence electrons. The Hall–Kier alpha value is -3.23. The van der Waals surface area contributed by atoms with Gasteiger partial charge < -0.3 is 28.0 Å². The van der Waals surface area contributed by atoms with Crippen LogP contribution in [-0.2, 0) is 0 Å². The van der Waals surface area contributed by atoms with Gasteiger partial charge in [-0.3, -0.25) is 9.99 Å². The summed E-state index contributed by atoms with van der Waals surface area (Å²) in [4.78, 5) is 0. The number of H-pyrrole nitrogens is 1. The predicted octanol–water partition coefficient (Wildman–Crippen LogP) is 2.98. The molecule has 0 bridgehead atoms. The van der Waals surface area contributed by atoms with Crippen LogP contribution in [0.3, 0.4) is 0 Å². The SMILES string of the molecule is Cl.NC(N)=NNC(=S)Nc1ccc(C2CC2)c2ccccc12.Nc1n[nH]c(=S)n1-c1ccc(C2CC2)c2ccccc12.[Na+].[OH-]. The van der Waals surface area contributed by atoms with Crippen molar-refractivity contribution < 1.29 is 35.0 Å². The minimum atomic E-state index is -0.0620. The smallest absolute Gasteiger partial charge is 0.870 e. The molecule has 5 aromatic rings. The molecule has 2 aliphatic rings. The molecule has 2 saturated carbocycles. The van der Waals surface area contributed by atoms with Crippen LogP contribution < -0.4 is 57.5 Å². The number of benzene rings is 4. The van der Waals surface area contributed by atoms with Crippen molar-refractivity contribution in [2.24, 2.45) is 16.6 Å². The summed E-state index contributed by atoms with van der Waals surface area (Å²) in [7, 11) is 0. The molecule has 0 aliphatic heterocycles. The number of nitrogens with two attached hydrogens (primary N) is 3. The first-order chi connectivity index (χ1) is 19.9. The van der Waals surface area contributed by atoms with Gasteiger partial charge in [0, 0.05) is 16.5 Å². The van der Waals surface area contributed by atoms with Gasteiger partial charge >= 0.3 is 29.6 Å². The molecule has 0 atom stereocenters. The first kappa shape index (κ1) is 35.3. The summed E-state index contributed by atoms with van der Waals surface area (Å²) in [6.45, 7) is 0. The van der Waals surface area contributed by atoms with Gasteiger partial charge in [-0.05, 0) is 96.0 Å². The number of thiocarbonyl (C=S) groups is 1. The fraction of sp³-hybridized carbons (Fsp3) is 0.200. The third kappa shape index (κ3) is 7.70. The number of hydrazone groups is 1. The molecule has 1 heterocycles. The molecule has 44 heavy (non-hydrogen) atoms. The van der Waals surface area contributed by atoms with Crippen molar-refractivity contribution >= 4 is 81.1 Å². The molecular weight excluding hydrogens is 625 g/mol. The van der Waals surface area contributed by atoms with Gasteiger partial charge in [0.2, 0.25) is 16.7 Å². The van der Waals surface area contributed by atoms with Crippen molar-refractivity contribution in [2.75, 3.05) is 11.1 Å². The van der Waals surface area contributed by atoms with E-state index in [0.717, 1.165) is 16.8 Å². The maximum absolute atomic E-state index is 5.93. The molecule has 14 heteroatoms. The van der Waals surface area contributed by atoms with E-state index in [1.807, 2.05) is 12.1 Å². The van der Waals surface area contributed by atoms with E-state index in [1.54, 1.807) is 4.57 Å². The molecule has 7 rings (SSSR count). The molecule has 10 N–H and O–H groups in total. The topological polar surface area (TPSA) is 178 Å². The number of hydrogen-bond donors (Lipinski definition) is 6. The van der Waals surface area contributed by atoms with Gasteiger partial charge in [0.1, 0.15) is 0 Å². The molecule has 0 radical (unpaired) electrons. The Kier molecular flexibility index (Phi) is 12.2. The van der Waals surface area contributed by atoms with Crippen molar-refractivity contribution in [3.8, 4) is 5.69 Å². The maximum atomic E-state index is 5.93. The van der Waals surface area contributed by atoms with Crippen molar-refractivity contribution in [3.63, 3.8) is 0 Å². The van der Waals surface area contributed by atoms with Crippen LogP contribution in [0.25, 0.3) is 27.2 Å². The predicted molar refractivity (Wildman–Crippen MR) is 183 cm³/mol. The van der Waals surface area contributed by atoms with E-state index in [4.69, 9.17) is 41.6 Å². The third-order valence-corrected chi connectivity index (χ3v) is 7.87. The molecule has 0 spiro atoms. The minimum absolute atomic E-state index is 0. The molecule has 2 aliphatic carbocycles. The summed E-state index contributed by atoms with van der Waals surface area (Å²) in [6, 6.07) is 25.3. The molecule has 0 saturated heterocycles. The minimum Gasteiger partial charge on any atom is -0.870 e. The Morgan fingerprint density at radius 2 is 1.36 bits per heavy atom. The van der Waals surface area contributed by atoms with Crippen LogP contribution in [0.15, 0.2) is 77.9 Å². The van der Waals surface area contributed by atoms with Gasteiger partial charge in [-0.1, -0.05) is 60.7 Å². The Balaban J connectivity index is 0.000000225. The quantitative estimate of drug-likeness (QED) is 0.0545. The van der Waals surface area contributed by atoms with Crippen molar-refractivity contribution in [1.82, 2.24) is 20.2 Å². The standard InChI is InChI=1S/C15H17N5S.C15H14N4S.ClH.Na.H2O/c16-14(17)19-20-15(21)18-13-8-7-10(9-5-6-9)11-3-1-2-4-12(11)13;16-14-17-18-15(20)19(14)13-8-7-10(9-5-6-9)11-3-1-2-4-12(11)13;;;/h1-4,7-9H,5-6H2,(H4,16,17,19)(H2,18,20,21);1-4,7-9H,5-6H2,(H2,16,17)(H,18,20);1H;;1H2/q;;;+1;/p-1. The number of fused-ring (bicyclic) bond motifs is 2. The number of anilines is 2. The third-order valence-electron chi connectivity index (χ3n) is 7.40. The Labute approximate surface area is 293 Å². The van der Waals surface area contributed by atoms with Gasteiger partial charge in [0.15, 0.2) is 5.11 Å². The monoisotopic (exact) mass is 657 g/mol. The van der Waals surface area contributed by atoms with E-state index in [0.29, 0.717) is 27.7 Å². The normalized spacial score (nSPS) is 13.3. The van der Waals surface area contributed by atoms with E-state index >= 15 is 0 Å². The largest absolute Gasteiger partial charge is 1.00 e. The van der Waals surface area contributed by atoms with Crippen LogP contribution in [-0.4, -0.2) is 31.3 Å². The summed E-state index contributed by atoms with van der Waals surface area (Å²) in [5.74, 6) is 1.74. The zero-order chi connectivity index (χ0) is 28.5. The van der Waals surface area contributed by atoms with Crippen LogP contribution in [0.4, 0.5) is 11.6 Å². The van der Waals surface area contributed by atoms with E-state index < -0.39 is 0 Å². The summed E-state index contributed by atoms with van der Waals surface area (Å²) in [6.07, 6.45) is 5.13. The summed E-state index contributed by atoms with van der Waals surface area (Å²) in [5, 5.41) is 18.8. The second kappa shape index (κ2) is 15.2. The molecule has 0 amide bonds. The fourth-order valence-corrected chi connectivity index (χ4v) is 5.63. The van der Waals surface area contributed by atoms with E-state index in [1.165, 1.54) is 53.0 Å². The van der Waals surface area contributed by atoms with Gasteiger partial charge in [-0.2, -0.15) is 0 Å². The number of rotatable bonds is 5. The summed E-state index contributed by atoms with van der Waals surface area (Å²) < 4.78 is 2.31. The molecular formula is C30H33ClN9NaOS2. The second-order valence-electron chi connectivity index (χ2n) is 10.3. The Morgan fingerprint density at radius 1 is 0.841 bits per heavy atom. The first-order valence-electron chi connectivity index (χ1n) is 13.5. The first-order valence-corrected chi connectivity index (χ1v) is 14.3. The number of nitrogens with zero attached hydrogens (tertiary/aromatic N) is 3. The number of aromatic amines is 1. The van der Waals surface area contributed by atoms with E-state index in [9.17, 15) is 0 Å². The zero-order valence-corrected chi connectivity index (χ0v) is 28.6. The van der Waals surface area contributed by atoms with Gasteiger partial charge in [-0.25, -0.2) is 5.10 Å². The van der Waals surface area contributed by atoms with Gasteiger partial charge in [0.25, 0.3) is 0 Å². The average molecular weight is 658 g/mol. The van der Waals surface area contributed by atoms with Crippen molar-refractivity contribution in [3.05, 3.63) is 88.7 Å². The molecule has 2 fully saturated rings. The van der Waals surface area contributed by atoms with Gasteiger partial charge in [0.05, 0.1) is 5.69 Å². The van der Waals surface area contributed by atoms with E-state index in [-0.39, 0.29) is 53.4 Å². The number of nitrogen functional groups attached to an aromatic ring is 1. The van der Waals surface area contributed by atoms with Crippen LogP contribution in [0.1, 0.15) is 48.6 Å². The molecule has 4 aromatic carbocycles. The zero-order valence-electron chi connectivity index (χ0n) is 24.2. The van der Waals surface area contributed by atoms with E-state index in [2.05, 4.69) is 86.7 Å². The number of aromatic nitrogens is 3.